The van der Waals surface area contributed by atoms with Crippen molar-refractivity contribution in [1.82, 2.24) is 0 Å². The number of hydrogen-bond acceptors (Lipinski definition) is 5. The molecule has 0 fully saturated rings. The topological polar surface area (TPSA) is 98.9 Å². The second kappa shape index (κ2) is 6.64. The van der Waals surface area contributed by atoms with Crippen molar-refractivity contribution in [2.24, 2.45) is 5.73 Å². The molecule has 7 nitrogen and oxygen atoms in total. The van der Waals surface area contributed by atoms with Crippen molar-refractivity contribution in [3.8, 4) is 11.5 Å². The van der Waals surface area contributed by atoms with E-state index in [-0.39, 0.29) is 11.4 Å². The van der Waals surface area contributed by atoms with E-state index in [1.54, 1.807) is 36.4 Å². The fraction of sp³-hybridized carbons (Fsp3) is 0.235. The van der Waals surface area contributed by atoms with Gasteiger partial charge in [0.2, 0.25) is 0 Å². The molecule has 1 amide bonds. The van der Waals surface area contributed by atoms with Crippen LogP contribution in [0.4, 0.5) is 5.69 Å². The predicted molar refractivity (Wildman–Crippen MR) is 92.2 cm³/mol. The van der Waals surface area contributed by atoms with Crippen molar-refractivity contribution in [2.45, 2.75) is 17.9 Å². The average Bonchev–Trinajstić information content (AvgIpc) is 2.61. The third-order valence-electron chi connectivity index (χ3n) is 3.77. The molecule has 25 heavy (non-hydrogen) atoms. The molecule has 3 rings (SSSR count). The summed E-state index contributed by atoms with van der Waals surface area (Å²) in [4.78, 5) is 11.6. The Hall–Kier alpha value is -2.74. The maximum atomic E-state index is 13.1. The molecule has 0 saturated heterocycles. The van der Waals surface area contributed by atoms with E-state index in [0.717, 1.165) is 4.31 Å². The van der Waals surface area contributed by atoms with Gasteiger partial charge in [-0.3, -0.25) is 9.10 Å². The lowest BCUT2D eigenvalue weighted by Crippen LogP contribution is -2.49. The van der Waals surface area contributed by atoms with Crippen LogP contribution in [0.1, 0.15) is 6.92 Å². The highest BCUT2D eigenvalue weighted by atomic mass is 32.2. The molecular formula is C17H18N2O5S. The summed E-state index contributed by atoms with van der Waals surface area (Å²) in [6.07, 6.45) is -1.05. The molecule has 0 aliphatic carbocycles. The maximum Gasteiger partial charge on any atom is 0.264 e. The molecular weight excluding hydrogens is 344 g/mol. The summed E-state index contributed by atoms with van der Waals surface area (Å²) in [5.41, 5.74) is 5.69. The Balaban J connectivity index is 2.02. The molecule has 1 atom stereocenters. The quantitative estimate of drug-likeness (QED) is 0.869. The van der Waals surface area contributed by atoms with Crippen molar-refractivity contribution in [3.05, 3.63) is 48.5 Å². The van der Waals surface area contributed by atoms with Crippen molar-refractivity contribution in [1.29, 1.82) is 0 Å². The van der Waals surface area contributed by atoms with Crippen LogP contribution in [0.25, 0.3) is 0 Å². The summed E-state index contributed by atoms with van der Waals surface area (Å²) >= 11 is 0. The number of nitrogens with zero attached hydrogens (tertiary/aromatic N) is 1. The number of benzene rings is 2. The zero-order chi connectivity index (χ0) is 18.0. The van der Waals surface area contributed by atoms with E-state index in [2.05, 4.69) is 0 Å². The normalized spacial score (nSPS) is 16.7. The number of nitrogens with two attached hydrogens (primary N) is 1. The lowest BCUT2D eigenvalue weighted by molar-refractivity contribution is -0.124. The number of para-hydroxylation sites is 2. The van der Waals surface area contributed by atoms with Gasteiger partial charge in [-0.1, -0.05) is 12.1 Å². The molecule has 0 bridgehead atoms. The standard InChI is InChI=1S/C17H18N2O5S/c1-2-23-12-7-9-13(10-8-12)25(21,22)19-11-16(17(18)20)24-15-6-4-3-5-14(15)19/h3-10,16H,2,11H2,1H3,(H2,18,20)/t16-/m0/s1. The molecule has 2 N–H and O–H groups in total. The Morgan fingerprint density at radius 3 is 2.56 bits per heavy atom. The smallest absolute Gasteiger partial charge is 0.264 e. The Kier molecular flexibility index (Phi) is 4.54. The Labute approximate surface area is 146 Å². The Morgan fingerprint density at radius 2 is 1.92 bits per heavy atom. The van der Waals surface area contributed by atoms with Gasteiger partial charge in [-0.15, -0.1) is 0 Å². The van der Waals surface area contributed by atoms with Crippen LogP contribution in [-0.4, -0.2) is 33.6 Å². The predicted octanol–water partition coefficient (Wildman–Crippen LogP) is 1.53. The minimum absolute atomic E-state index is 0.0934. The Bertz CT molecular complexity index is 880. The van der Waals surface area contributed by atoms with Crippen molar-refractivity contribution < 1.29 is 22.7 Å². The number of rotatable bonds is 5. The molecule has 132 valence electrons. The van der Waals surface area contributed by atoms with Gasteiger partial charge < -0.3 is 15.2 Å². The number of fused-ring (bicyclic) bond motifs is 1. The molecule has 2 aromatic rings. The minimum Gasteiger partial charge on any atom is -0.494 e. The van der Waals surface area contributed by atoms with Crippen LogP contribution in [0.5, 0.6) is 11.5 Å². The average molecular weight is 362 g/mol. The molecule has 8 heteroatoms. The zero-order valence-corrected chi connectivity index (χ0v) is 14.4. The largest absolute Gasteiger partial charge is 0.494 e. The molecule has 0 aromatic heterocycles. The molecule has 2 aromatic carbocycles. The maximum absolute atomic E-state index is 13.1. The van der Waals surface area contributed by atoms with Crippen LogP contribution in [0.15, 0.2) is 53.4 Å². The van der Waals surface area contributed by atoms with Gasteiger partial charge in [0.1, 0.15) is 11.5 Å². The van der Waals surface area contributed by atoms with Crippen molar-refractivity contribution in [3.63, 3.8) is 0 Å². The highest BCUT2D eigenvalue weighted by molar-refractivity contribution is 7.92. The van der Waals surface area contributed by atoms with Gasteiger partial charge in [-0.05, 0) is 43.3 Å². The number of hydrogen-bond donors (Lipinski definition) is 1. The number of ether oxygens (including phenoxy) is 2. The summed E-state index contributed by atoms with van der Waals surface area (Å²) in [6, 6.07) is 12.7. The number of carbonyl (C=O) groups excluding carboxylic acids is 1. The van der Waals surface area contributed by atoms with Crippen molar-refractivity contribution >= 4 is 21.6 Å². The number of sulfonamides is 1. The molecule has 0 spiro atoms. The number of primary amides is 1. The number of carbonyl (C=O) groups is 1. The van der Waals surface area contributed by atoms with Gasteiger partial charge in [0, 0.05) is 0 Å². The number of anilines is 1. The lowest BCUT2D eigenvalue weighted by Gasteiger charge is -2.34. The first-order chi connectivity index (χ1) is 11.9. The summed E-state index contributed by atoms with van der Waals surface area (Å²) in [5.74, 6) is 0.160. The van der Waals surface area contributed by atoms with Crippen LogP contribution in [-0.2, 0) is 14.8 Å². The highest BCUT2D eigenvalue weighted by Gasteiger charge is 2.36. The molecule has 1 heterocycles. The van der Waals surface area contributed by atoms with Gasteiger partial charge in [-0.25, -0.2) is 8.42 Å². The summed E-state index contributed by atoms with van der Waals surface area (Å²) in [6.45, 7) is 2.16. The second-order valence-electron chi connectivity index (χ2n) is 5.42. The molecule has 0 saturated carbocycles. The van der Waals surface area contributed by atoms with Gasteiger partial charge in [0.25, 0.3) is 15.9 Å². The van der Waals surface area contributed by atoms with E-state index in [1.165, 1.54) is 12.1 Å². The van der Waals surface area contributed by atoms with Gasteiger partial charge >= 0.3 is 0 Å². The highest BCUT2D eigenvalue weighted by Crippen LogP contribution is 2.36. The van der Waals surface area contributed by atoms with E-state index < -0.39 is 22.0 Å². The fourth-order valence-corrected chi connectivity index (χ4v) is 4.06. The third kappa shape index (κ3) is 3.25. The fourth-order valence-electron chi connectivity index (χ4n) is 2.58. The molecule has 0 radical (unpaired) electrons. The SMILES string of the molecule is CCOc1ccc(S(=O)(=O)N2C[C@@H](C(N)=O)Oc3ccccc32)cc1. The first-order valence-electron chi connectivity index (χ1n) is 7.74. The van der Waals surface area contributed by atoms with Gasteiger partial charge in [0.05, 0.1) is 23.7 Å². The Morgan fingerprint density at radius 1 is 1.24 bits per heavy atom. The summed E-state index contributed by atoms with van der Waals surface area (Å²) in [5, 5.41) is 0. The lowest BCUT2D eigenvalue weighted by atomic mass is 10.2. The van der Waals surface area contributed by atoms with Gasteiger partial charge in [0.15, 0.2) is 6.10 Å². The van der Waals surface area contributed by atoms with Crippen LogP contribution in [0, 0.1) is 0 Å². The first kappa shape index (κ1) is 17.1. The van der Waals surface area contributed by atoms with Crippen LogP contribution in [0.3, 0.4) is 0 Å². The molecule has 1 aliphatic rings. The van der Waals surface area contributed by atoms with Crippen LogP contribution in [0.2, 0.25) is 0 Å². The third-order valence-corrected chi connectivity index (χ3v) is 5.57. The number of amides is 1. The van der Waals surface area contributed by atoms with E-state index in [0.29, 0.717) is 23.8 Å². The summed E-state index contributed by atoms with van der Waals surface area (Å²) in [7, 11) is -3.88. The van der Waals surface area contributed by atoms with E-state index >= 15 is 0 Å². The van der Waals surface area contributed by atoms with Gasteiger partial charge in [-0.2, -0.15) is 0 Å². The van der Waals surface area contributed by atoms with E-state index in [9.17, 15) is 13.2 Å². The molecule has 0 unspecified atom stereocenters. The van der Waals surface area contributed by atoms with Crippen molar-refractivity contribution in [2.75, 3.05) is 17.5 Å². The van der Waals surface area contributed by atoms with E-state index in [1.807, 2.05) is 6.92 Å². The monoisotopic (exact) mass is 362 g/mol. The van der Waals surface area contributed by atoms with Crippen LogP contribution >= 0.6 is 0 Å². The summed E-state index contributed by atoms with van der Waals surface area (Å²) < 4.78 is 38.1. The molecule has 1 aliphatic heterocycles. The first-order valence-corrected chi connectivity index (χ1v) is 9.18. The minimum atomic E-state index is -3.88. The second-order valence-corrected chi connectivity index (χ2v) is 7.28. The van der Waals surface area contributed by atoms with Crippen LogP contribution < -0.4 is 19.5 Å². The zero-order valence-electron chi connectivity index (χ0n) is 13.6. The van der Waals surface area contributed by atoms with E-state index in [4.69, 9.17) is 15.2 Å².